The molecule has 4 aromatic rings. The van der Waals surface area contributed by atoms with E-state index in [0.29, 0.717) is 36.5 Å². The zero-order chi connectivity index (χ0) is 34.5. The highest BCUT2D eigenvalue weighted by Crippen LogP contribution is 2.42. The first-order chi connectivity index (χ1) is 22.9. The van der Waals surface area contributed by atoms with Gasteiger partial charge in [-0.3, -0.25) is 19.9 Å². The number of nitrogens with zero attached hydrogens (tertiary/aromatic N) is 5. The quantitative estimate of drug-likeness (QED) is 0.143. The molecule has 1 fully saturated rings. The van der Waals surface area contributed by atoms with Crippen LogP contribution < -0.4 is 15.0 Å². The van der Waals surface area contributed by atoms with E-state index in [0.717, 1.165) is 31.7 Å². The Balaban J connectivity index is 1.52. The number of alkyl halides is 3. The number of aryl methyl sites for hydroxylation is 1. The number of fused-ring (bicyclic) bond motifs is 1. The van der Waals surface area contributed by atoms with Crippen LogP contribution in [0, 0.1) is 5.41 Å². The molecule has 0 aliphatic heterocycles. The molecule has 48 heavy (non-hydrogen) atoms. The molecule has 5 rings (SSSR count). The Bertz CT molecular complexity index is 1760. The van der Waals surface area contributed by atoms with Crippen LogP contribution in [0.5, 0.6) is 5.88 Å². The number of anilines is 2. The fourth-order valence-corrected chi connectivity index (χ4v) is 6.04. The van der Waals surface area contributed by atoms with Crippen molar-refractivity contribution >= 4 is 34.7 Å². The standard InChI is InChI=1S/C33H38F3N7O5/c1-4-47-19-32(12-6-7-13-32)18-43(3)25-15-24(21-14-22(33(34,35)36)30(38-17-21)48-5-2)39-28-27(25)40-31(41-28)42-29(46)23-10-8-20(16-37-23)9-11-26(44)45/h8,10,14-17H,4-7,9,11-13,18-19H2,1-3H3,(H,44,45)(H2,39,40,41,42,46). The number of hydrogen-bond donors (Lipinski definition) is 3. The fraction of sp³-hybridized carbons (Fsp3) is 0.455. The van der Waals surface area contributed by atoms with Gasteiger partial charge in [-0.05, 0) is 56.9 Å². The highest BCUT2D eigenvalue weighted by atomic mass is 19.4. The molecule has 0 spiro atoms. The first-order valence-corrected chi connectivity index (χ1v) is 15.8. The van der Waals surface area contributed by atoms with E-state index in [4.69, 9.17) is 14.6 Å². The number of carboxylic acid groups (broad SMARTS) is 1. The summed E-state index contributed by atoms with van der Waals surface area (Å²) in [4.78, 5) is 46.2. The number of imidazole rings is 1. The molecule has 0 radical (unpaired) electrons. The number of pyridine rings is 3. The Morgan fingerprint density at radius 3 is 2.50 bits per heavy atom. The molecule has 0 atom stereocenters. The minimum Gasteiger partial charge on any atom is -0.481 e. The number of nitrogens with one attached hydrogen (secondary N) is 2. The molecule has 1 aliphatic carbocycles. The molecule has 256 valence electrons. The summed E-state index contributed by atoms with van der Waals surface area (Å²) in [6.45, 7) is 5.33. The number of aromatic amines is 1. The monoisotopic (exact) mass is 669 g/mol. The van der Waals surface area contributed by atoms with Gasteiger partial charge < -0.3 is 24.5 Å². The van der Waals surface area contributed by atoms with Crippen molar-refractivity contribution in [1.82, 2.24) is 24.9 Å². The number of aromatic nitrogens is 5. The SMILES string of the molecule is CCOCC1(CN(C)c2cc(-c3cnc(OCC)c(C(F)(F)F)c3)nc3nc(NC(=O)c4ccc(CCC(=O)O)cn4)[nH]c23)CCCC1. The van der Waals surface area contributed by atoms with Crippen molar-refractivity contribution in [1.29, 1.82) is 0 Å². The number of halogens is 3. The van der Waals surface area contributed by atoms with Crippen LogP contribution in [0.25, 0.3) is 22.4 Å². The number of aliphatic carboxylic acids is 1. The Labute approximate surface area is 275 Å². The van der Waals surface area contributed by atoms with Crippen LogP contribution >= 0.6 is 0 Å². The molecule has 1 amide bonds. The second-order valence-electron chi connectivity index (χ2n) is 11.9. The maximum atomic E-state index is 14.0. The smallest absolute Gasteiger partial charge is 0.421 e. The first-order valence-electron chi connectivity index (χ1n) is 15.8. The maximum absolute atomic E-state index is 14.0. The molecular formula is C33H38F3N7O5. The molecule has 1 saturated carbocycles. The van der Waals surface area contributed by atoms with E-state index < -0.39 is 29.5 Å². The maximum Gasteiger partial charge on any atom is 0.421 e. The van der Waals surface area contributed by atoms with Gasteiger partial charge in [0.2, 0.25) is 11.8 Å². The van der Waals surface area contributed by atoms with Crippen LogP contribution in [0.2, 0.25) is 0 Å². The van der Waals surface area contributed by atoms with Crippen LogP contribution in [-0.2, 0) is 22.1 Å². The zero-order valence-electron chi connectivity index (χ0n) is 27.0. The largest absolute Gasteiger partial charge is 0.481 e. The number of H-pyrrole nitrogens is 1. The first kappa shape index (κ1) is 34.5. The lowest BCUT2D eigenvalue weighted by molar-refractivity contribution is -0.139. The number of carbonyl (C=O) groups excluding carboxylic acids is 1. The van der Waals surface area contributed by atoms with E-state index in [1.54, 1.807) is 19.1 Å². The summed E-state index contributed by atoms with van der Waals surface area (Å²) in [7, 11) is 1.90. The van der Waals surface area contributed by atoms with E-state index >= 15 is 0 Å². The molecule has 0 saturated heterocycles. The number of rotatable bonds is 14. The van der Waals surface area contributed by atoms with Gasteiger partial charge in [-0.25, -0.2) is 9.97 Å². The van der Waals surface area contributed by atoms with E-state index in [2.05, 4.69) is 30.2 Å². The average molecular weight is 670 g/mol. The van der Waals surface area contributed by atoms with Gasteiger partial charge in [0, 0.05) is 50.0 Å². The van der Waals surface area contributed by atoms with Crippen molar-refractivity contribution in [3.05, 3.63) is 53.5 Å². The fourth-order valence-electron chi connectivity index (χ4n) is 6.04. The Morgan fingerprint density at radius 2 is 1.85 bits per heavy atom. The van der Waals surface area contributed by atoms with Crippen LogP contribution in [0.4, 0.5) is 24.8 Å². The molecule has 1 aliphatic rings. The van der Waals surface area contributed by atoms with Crippen molar-refractivity contribution in [2.24, 2.45) is 5.41 Å². The number of ether oxygens (including phenoxy) is 2. The molecule has 0 unspecified atom stereocenters. The van der Waals surface area contributed by atoms with E-state index in [9.17, 15) is 22.8 Å². The highest BCUT2D eigenvalue weighted by Gasteiger charge is 2.37. The van der Waals surface area contributed by atoms with Gasteiger partial charge in [0.05, 0.1) is 24.6 Å². The number of amides is 1. The minimum absolute atomic E-state index is 0.0181. The van der Waals surface area contributed by atoms with Crippen LogP contribution in [0.3, 0.4) is 0 Å². The summed E-state index contributed by atoms with van der Waals surface area (Å²) in [5, 5.41) is 11.6. The van der Waals surface area contributed by atoms with Crippen molar-refractivity contribution < 1.29 is 37.3 Å². The number of hydrogen-bond acceptors (Lipinski definition) is 9. The highest BCUT2D eigenvalue weighted by molar-refractivity contribution is 6.03. The molecular weight excluding hydrogens is 631 g/mol. The second-order valence-corrected chi connectivity index (χ2v) is 11.9. The Kier molecular flexibility index (Phi) is 10.5. The van der Waals surface area contributed by atoms with Gasteiger partial charge in [-0.15, -0.1) is 0 Å². The van der Waals surface area contributed by atoms with E-state index in [-0.39, 0.29) is 53.4 Å². The topological polar surface area (TPSA) is 155 Å². The van der Waals surface area contributed by atoms with Crippen molar-refractivity contribution in [2.45, 2.75) is 58.5 Å². The lowest BCUT2D eigenvalue weighted by Crippen LogP contribution is -2.37. The molecule has 15 heteroatoms. The van der Waals surface area contributed by atoms with Gasteiger partial charge in [-0.1, -0.05) is 18.9 Å². The van der Waals surface area contributed by atoms with Gasteiger partial charge in [0.25, 0.3) is 5.91 Å². The van der Waals surface area contributed by atoms with Crippen molar-refractivity contribution in [2.75, 3.05) is 43.6 Å². The van der Waals surface area contributed by atoms with Crippen molar-refractivity contribution in [3.63, 3.8) is 0 Å². The van der Waals surface area contributed by atoms with Crippen LogP contribution in [0.1, 0.15) is 67.6 Å². The third-order valence-electron chi connectivity index (χ3n) is 8.35. The molecule has 3 N–H and O–H groups in total. The Hall–Kier alpha value is -4.79. The normalized spacial score (nSPS) is 14.3. The predicted molar refractivity (Wildman–Crippen MR) is 172 cm³/mol. The van der Waals surface area contributed by atoms with Gasteiger partial charge in [0.15, 0.2) is 5.65 Å². The second kappa shape index (κ2) is 14.5. The molecule has 0 bridgehead atoms. The predicted octanol–water partition coefficient (Wildman–Crippen LogP) is 6.14. The van der Waals surface area contributed by atoms with Crippen LogP contribution in [0.15, 0.2) is 36.7 Å². The van der Waals surface area contributed by atoms with Crippen molar-refractivity contribution in [3.8, 4) is 17.1 Å². The lowest BCUT2D eigenvalue weighted by atomic mass is 9.86. The molecule has 4 aromatic heterocycles. The summed E-state index contributed by atoms with van der Waals surface area (Å²) < 4.78 is 53.1. The van der Waals surface area contributed by atoms with Gasteiger partial charge in [-0.2, -0.15) is 18.2 Å². The van der Waals surface area contributed by atoms with Crippen LogP contribution in [-0.4, -0.2) is 75.3 Å². The van der Waals surface area contributed by atoms with Gasteiger partial charge >= 0.3 is 12.1 Å². The van der Waals surface area contributed by atoms with E-state index in [1.807, 2.05) is 18.9 Å². The summed E-state index contributed by atoms with van der Waals surface area (Å²) in [6, 6.07) is 5.77. The average Bonchev–Trinajstić information content (AvgIpc) is 3.69. The number of carbonyl (C=O) groups is 2. The molecule has 0 aromatic carbocycles. The van der Waals surface area contributed by atoms with E-state index in [1.165, 1.54) is 18.5 Å². The van der Waals surface area contributed by atoms with Gasteiger partial charge in [0.1, 0.15) is 16.8 Å². The summed E-state index contributed by atoms with van der Waals surface area (Å²) in [5.41, 5.74) is 1.23. The summed E-state index contributed by atoms with van der Waals surface area (Å²) >= 11 is 0. The summed E-state index contributed by atoms with van der Waals surface area (Å²) in [6.07, 6.45) is 2.33. The molecule has 12 nitrogen and oxygen atoms in total. The zero-order valence-corrected chi connectivity index (χ0v) is 27.0. The Morgan fingerprint density at radius 1 is 1.08 bits per heavy atom. The minimum atomic E-state index is -4.71. The number of carboxylic acids is 1. The lowest BCUT2D eigenvalue weighted by Gasteiger charge is -2.34. The third-order valence-corrected chi connectivity index (χ3v) is 8.35. The molecule has 4 heterocycles. The third kappa shape index (κ3) is 8.01. The summed E-state index contributed by atoms with van der Waals surface area (Å²) in [5.74, 6) is -1.95.